The van der Waals surface area contributed by atoms with Crippen LogP contribution in [0.4, 0.5) is 22.7 Å². The molecule has 5 aromatic rings. The van der Waals surface area contributed by atoms with Crippen molar-refractivity contribution >= 4 is 34.9 Å². The number of methoxy groups -OCH3 is 2. The molecule has 2 atom stereocenters. The van der Waals surface area contributed by atoms with E-state index in [1.165, 1.54) is 0 Å². The van der Waals surface area contributed by atoms with Crippen LogP contribution < -0.4 is 28.7 Å². The zero-order valence-electron chi connectivity index (χ0n) is 32.2. The number of fused-ring (bicyclic) bond motifs is 4. The van der Waals surface area contributed by atoms with Crippen LogP contribution in [0.15, 0.2) is 120 Å². The van der Waals surface area contributed by atoms with E-state index in [2.05, 4.69) is 109 Å². The largest absolute Gasteiger partial charge is 0.496 e. The molecule has 56 heavy (non-hydrogen) atoms. The van der Waals surface area contributed by atoms with Gasteiger partial charge in [0.1, 0.15) is 34.4 Å². The summed E-state index contributed by atoms with van der Waals surface area (Å²) in [5.74, 6) is 2.77. The second kappa shape index (κ2) is 12.6. The van der Waals surface area contributed by atoms with Crippen molar-refractivity contribution in [2.45, 2.75) is 63.1 Å². The molecule has 0 saturated carbocycles. The monoisotopic (exact) mass is 746 g/mol. The quantitative estimate of drug-likeness (QED) is 0.145. The first kappa shape index (κ1) is 35.3. The molecule has 0 bridgehead atoms. The van der Waals surface area contributed by atoms with Crippen molar-refractivity contribution in [3.63, 3.8) is 0 Å². The van der Waals surface area contributed by atoms with E-state index in [0.29, 0.717) is 47.5 Å². The second-order valence-corrected chi connectivity index (χ2v) is 15.8. The van der Waals surface area contributed by atoms with Crippen molar-refractivity contribution in [1.82, 2.24) is 0 Å². The minimum atomic E-state index is -0.905. The molecule has 0 N–H and O–H groups in total. The first-order valence-corrected chi connectivity index (χ1v) is 18.7. The van der Waals surface area contributed by atoms with Crippen molar-refractivity contribution < 1.29 is 18.9 Å². The minimum absolute atomic E-state index is 0.351. The summed E-state index contributed by atoms with van der Waals surface area (Å²) in [6.45, 7) is 9.69. The molecule has 9 rings (SSSR count). The molecule has 0 fully saturated rings. The minimum Gasteiger partial charge on any atom is -0.496 e. The van der Waals surface area contributed by atoms with Crippen LogP contribution in [0, 0.1) is 9.81 Å². The molecule has 2 spiro atoms. The van der Waals surface area contributed by atoms with Crippen LogP contribution in [-0.4, -0.2) is 25.7 Å². The fraction of sp³-hybridized carbons (Fsp3) is 0.261. The van der Waals surface area contributed by atoms with Gasteiger partial charge in [-0.2, -0.15) is 0 Å². The molecule has 0 saturated heterocycles. The van der Waals surface area contributed by atoms with Crippen molar-refractivity contribution in [3.05, 3.63) is 152 Å². The third-order valence-electron chi connectivity index (χ3n) is 12.4. The summed E-state index contributed by atoms with van der Waals surface area (Å²) in [4.78, 5) is 27.3. The maximum atomic E-state index is 11.3. The van der Waals surface area contributed by atoms with E-state index < -0.39 is 22.3 Å². The van der Waals surface area contributed by atoms with Gasteiger partial charge in [0.2, 0.25) is 11.4 Å². The third kappa shape index (κ3) is 4.87. The number of rotatable bonds is 8. The number of benzene rings is 5. The van der Waals surface area contributed by atoms with E-state index in [1.807, 2.05) is 36.4 Å². The van der Waals surface area contributed by atoms with Crippen LogP contribution in [0.5, 0.6) is 23.0 Å². The summed E-state index contributed by atoms with van der Waals surface area (Å²) in [7, 11) is 3.39. The molecule has 5 aromatic carbocycles. The third-order valence-corrected chi connectivity index (χ3v) is 12.4. The van der Waals surface area contributed by atoms with E-state index in [1.54, 1.807) is 38.5 Å². The molecular formula is C46H42N4O6. The van der Waals surface area contributed by atoms with Gasteiger partial charge in [-0.15, -0.1) is 9.81 Å². The van der Waals surface area contributed by atoms with Crippen LogP contribution in [0.25, 0.3) is 12.2 Å². The molecule has 10 heteroatoms. The highest BCUT2D eigenvalue weighted by Crippen LogP contribution is 2.58. The molecule has 4 aliphatic rings. The fourth-order valence-electron chi connectivity index (χ4n) is 9.31. The van der Waals surface area contributed by atoms with E-state index in [4.69, 9.17) is 18.9 Å². The van der Waals surface area contributed by atoms with Gasteiger partial charge >= 0.3 is 0 Å². The molecule has 282 valence electrons. The number of anilines is 2. The lowest BCUT2D eigenvalue weighted by Gasteiger charge is -2.47. The summed E-state index contributed by atoms with van der Waals surface area (Å²) in [6, 6.07) is 31.4. The molecule has 4 aliphatic heterocycles. The Morgan fingerprint density at radius 1 is 0.571 bits per heavy atom. The topological polar surface area (TPSA) is 102 Å². The van der Waals surface area contributed by atoms with Gasteiger partial charge < -0.3 is 28.7 Å². The molecule has 0 aromatic heterocycles. The van der Waals surface area contributed by atoms with Gasteiger partial charge in [-0.25, -0.2) is 0 Å². The Morgan fingerprint density at radius 3 is 1.38 bits per heavy atom. The number of nitrogens with zero attached hydrogens (tertiary/aromatic N) is 4. The Kier molecular flexibility index (Phi) is 7.91. The summed E-state index contributed by atoms with van der Waals surface area (Å²) >= 11 is 0. The predicted octanol–water partition coefficient (Wildman–Crippen LogP) is 10.7. The lowest BCUT2D eigenvalue weighted by molar-refractivity contribution is 0.0517. The standard InChI is InChI=1S/C46H42N4O6/c1-43(2)35-11-7-9-13-37(35)49(45(43)21-19-29-23-33(47-51)15-17-39(29)55-45)27-31-25-42(54-6)32(26-41(31)53-5)28-50-38-14-10-8-12-36(38)44(3,4)46(50)22-20-30-24-34(48-52)16-18-40(30)56-46/h7-26H,27-28H2,1-6H3. The van der Waals surface area contributed by atoms with Crippen molar-refractivity contribution in [1.29, 1.82) is 0 Å². The Balaban J connectivity index is 1.12. The van der Waals surface area contributed by atoms with E-state index in [9.17, 15) is 9.81 Å². The summed E-state index contributed by atoms with van der Waals surface area (Å²) in [5, 5.41) is 6.26. The van der Waals surface area contributed by atoms with Gasteiger partial charge in [0.05, 0.1) is 38.1 Å². The normalized spacial score (nSPS) is 21.5. The van der Waals surface area contributed by atoms with E-state index in [0.717, 1.165) is 44.8 Å². The molecular weight excluding hydrogens is 705 g/mol. The zero-order chi connectivity index (χ0) is 39.0. The fourth-order valence-corrected chi connectivity index (χ4v) is 9.31. The first-order valence-electron chi connectivity index (χ1n) is 18.7. The Morgan fingerprint density at radius 2 is 0.982 bits per heavy atom. The predicted molar refractivity (Wildman–Crippen MR) is 219 cm³/mol. The highest BCUT2D eigenvalue weighted by atomic mass is 16.5. The summed E-state index contributed by atoms with van der Waals surface area (Å²) in [5.41, 5.74) is 5.80. The van der Waals surface area contributed by atoms with Gasteiger partial charge in [0.25, 0.3) is 0 Å². The van der Waals surface area contributed by atoms with Gasteiger partial charge in [0, 0.05) is 33.6 Å². The Labute approximate surface area is 325 Å². The van der Waals surface area contributed by atoms with E-state index in [-0.39, 0.29) is 0 Å². The summed E-state index contributed by atoms with van der Waals surface area (Å²) < 4.78 is 26.5. The zero-order valence-corrected chi connectivity index (χ0v) is 32.2. The second-order valence-electron chi connectivity index (χ2n) is 15.8. The average molecular weight is 747 g/mol. The van der Waals surface area contributed by atoms with Gasteiger partial charge in [0.15, 0.2) is 0 Å². The lowest BCUT2D eigenvalue weighted by atomic mass is 9.76. The molecule has 0 radical (unpaired) electrons. The summed E-state index contributed by atoms with van der Waals surface area (Å²) in [6.07, 6.45) is 8.25. The number of hydrogen-bond donors (Lipinski definition) is 0. The Bertz CT molecular complexity index is 2340. The number of ether oxygens (including phenoxy) is 4. The van der Waals surface area contributed by atoms with Crippen LogP contribution in [0.2, 0.25) is 0 Å². The van der Waals surface area contributed by atoms with Gasteiger partial charge in [-0.05, 0) is 134 Å². The van der Waals surface area contributed by atoms with Gasteiger partial charge in [-0.3, -0.25) is 0 Å². The lowest BCUT2D eigenvalue weighted by Crippen LogP contribution is -2.59. The van der Waals surface area contributed by atoms with Crippen LogP contribution >= 0.6 is 0 Å². The Hall–Kier alpha value is -6.42. The highest BCUT2D eigenvalue weighted by molar-refractivity contribution is 5.76. The molecule has 0 amide bonds. The smallest absolute Gasteiger partial charge is 0.212 e. The average Bonchev–Trinajstić information content (AvgIpc) is 3.51. The SMILES string of the molecule is COc1cc(CN2c3ccccc3C(C)(C)C23C=Cc2cc(N=O)ccc2O3)c(OC)cc1CN1c2ccccc2C(C)(C)C12C=Cc1cc(N=O)ccc1O2. The van der Waals surface area contributed by atoms with Crippen molar-refractivity contribution in [2.75, 3.05) is 24.0 Å². The van der Waals surface area contributed by atoms with Crippen LogP contribution in [0.3, 0.4) is 0 Å². The van der Waals surface area contributed by atoms with Crippen LogP contribution in [0.1, 0.15) is 61.1 Å². The molecule has 2 unspecified atom stereocenters. The number of hydrogen-bond acceptors (Lipinski definition) is 10. The first-order chi connectivity index (χ1) is 27.0. The van der Waals surface area contributed by atoms with Gasteiger partial charge in [-0.1, -0.05) is 36.4 Å². The number of para-hydroxylation sites is 2. The van der Waals surface area contributed by atoms with E-state index >= 15 is 0 Å². The maximum absolute atomic E-state index is 11.3. The van der Waals surface area contributed by atoms with Crippen LogP contribution in [-0.2, 0) is 23.9 Å². The molecule has 0 aliphatic carbocycles. The molecule has 4 heterocycles. The van der Waals surface area contributed by atoms with Crippen molar-refractivity contribution in [2.24, 2.45) is 10.4 Å². The number of nitroso groups, excluding NO2 is 2. The molecule has 10 nitrogen and oxygen atoms in total. The highest BCUT2D eigenvalue weighted by Gasteiger charge is 2.60. The maximum Gasteiger partial charge on any atom is 0.212 e. The van der Waals surface area contributed by atoms with Crippen molar-refractivity contribution in [3.8, 4) is 23.0 Å².